The zero-order valence-electron chi connectivity index (χ0n) is 32.8. The van der Waals surface area contributed by atoms with Crippen molar-refractivity contribution in [2.75, 3.05) is 19.0 Å². The van der Waals surface area contributed by atoms with Crippen LogP contribution in [0, 0.1) is 0 Å². The van der Waals surface area contributed by atoms with E-state index in [-0.39, 0.29) is 50.4 Å². The van der Waals surface area contributed by atoms with Gasteiger partial charge in [-0.2, -0.15) is 0 Å². The molecule has 6 rings (SSSR count). The molecule has 9 heteroatoms. The van der Waals surface area contributed by atoms with Gasteiger partial charge in [-0.25, -0.2) is 13.2 Å². The largest absolute Gasteiger partial charge is 0.494 e. The number of ether oxygens (including phenoxy) is 2. The first-order chi connectivity index (χ1) is 28.0. The maximum atomic E-state index is 12.6. The van der Waals surface area contributed by atoms with Crippen LogP contribution in [0.5, 0.6) is 5.75 Å². The Kier molecular flexibility index (Phi) is 16.3. The number of rotatable bonds is 17. The summed E-state index contributed by atoms with van der Waals surface area (Å²) in [5.41, 5.74) is 0.851. The van der Waals surface area contributed by atoms with E-state index in [0.29, 0.717) is 25.0 Å². The van der Waals surface area contributed by atoms with Gasteiger partial charge in [0.25, 0.3) is 0 Å². The predicted octanol–water partition coefficient (Wildman–Crippen LogP) is 10.8. The normalized spacial score (nSPS) is 11.0. The molecule has 6 nitrogen and oxygen atoms in total. The van der Waals surface area contributed by atoms with E-state index in [1.165, 1.54) is 21.6 Å². The molecule has 6 aromatic carbocycles. The first-order valence-electron chi connectivity index (χ1n) is 18.8. The molecule has 0 aliphatic carbocycles. The second kappa shape index (κ2) is 21.8. The minimum absolute atomic E-state index is 0.105. The third kappa shape index (κ3) is 12.7. The summed E-state index contributed by atoms with van der Waals surface area (Å²) in [7, 11) is -4.05. The van der Waals surface area contributed by atoms with Crippen molar-refractivity contribution in [2.45, 2.75) is 61.0 Å². The van der Waals surface area contributed by atoms with Gasteiger partial charge in [-0.05, 0) is 123 Å². The number of hydrogen-bond acceptors (Lipinski definition) is 6. The van der Waals surface area contributed by atoms with Gasteiger partial charge in [0.05, 0.1) is 39.0 Å². The molecule has 58 heavy (non-hydrogen) atoms. The molecule has 0 radical (unpaired) electrons. The van der Waals surface area contributed by atoms with Gasteiger partial charge in [0.2, 0.25) is 0 Å². The van der Waals surface area contributed by atoms with Crippen LogP contribution in [-0.2, 0) is 46.0 Å². The van der Waals surface area contributed by atoms with Crippen molar-refractivity contribution in [3.63, 3.8) is 0 Å². The third-order valence-corrected chi connectivity index (χ3v) is 14.8. The molecule has 0 saturated carbocycles. The highest BCUT2D eigenvalue weighted by Gasteiger charge is 2.30. The molecule has 0 spiro atoms. The first-order valence-corrected chi connectivity index (χ1v) is 22.9. The predicted molar refractivity (Wildman–Crippen MR) is 235 cm³/mol. The Labute approximate surface area is 348 Å². The van der Waals surface area contributed by atoms with Gasteiger partial charge < -0.3 is 9.47 Å². The minimum Gasteiger partial charge on any atom is -0.494 e. The Morgan fingerprint density at radius 2 is 0.897 bits per heavy atom. The van der Waals surface area contributed by atoms with Gasteiger partial charge in [0.15, 0.2) is 45.0 Å². The zero-order valence-corrected chi connectivity index (χ0v) is 35.2. The van der Waals surface area contributed by atoms with Gasteiger partial charge in [0.1, 0.15) is 12.4 Å². The maximum Gasteiger partial charge on any atom is 0.333 e. The maximum absolute atomic E-state index is 12.6. The van der Waals surface area contributed by atoms with Crippen LogP contribution >= 0.6 is 0 Å². The summed E-state index contributed by atoms with van der Waals surface area (Å²) in [6, 6.07) is 56.7. The number of allylic oxidation sites excluding steroid dienone is 1. The lowest BCUT2D eigenvalue weighted by Crippen LogP contribution is -2.16. The molecule has 0 aromatic heterocycles. The smallest absolute Gasteiger partial charge is 0.333 e. The van der Waals surface area contributed by atoms with E-state index in [4.69, 9.17) is 9.47 Å². The van der Waals surface area contributed by atoms with Crippen LogP contribution in [0.1, 0.15) is 26.7 Å². The standard InChI is InChI=1S/C25H25O2S.C24H23O4S2/c1-20(2)25(26)14-9-19-27-21-15-17-24(18-16-21)28(22-10-5-3-6-11-22)23-12-7-4-8-13-23;1-19(2)24(25)28-17-18-30(26,27)23-15-13-22(14-16-23)29(20-9-5-3-6-10-20)21-11-7-4-8-12-21/h3-8,10-13,15-18H,1,9,14,19H2,2H3;3-16H,1,17-18H2,2H3/q2*+1. The van der Waals surface area contributed by atoms with E-state index in [1.807, 2.05) is 72.8 Å². The molecule has 0 bridgehead atoms. The second-order valence-electron chi connectivity index (χ2n) is 13.2. The van der Waals surface area contributed by atoms with E-state index in [0.717, 1.165) is 20.4 Å². The average Bonchev–Trinajstić information content (AvgIpc) is 3.25. The van der Waals surface area contributed by atoms with Crippen LogP contribution in [0.3, 0.4) is 0 Å². The SMILES string of the molecule is C=C(C)C(=O)CCCOc1ccc([S+](c2ccccc2)c2ccccc2)cc1.C=C(C)C(=O)OCCS(=O)(=O)c1ccc([S+](c2ccccc2)c2ccccc2)cc1. The molecule has 296 valence electrons. The van der Waals surface area contributed by atoms with Gasteiger partial charge >= 0.3 is 5.97 Å². The molecule has 0 saturated heterocycles. The fourth-order valence-corrected chi connectivity index (χ4v) is 10.9. The second-order valence-corrected chi connectivity index (χ2v) is 19.4. The van der Waals surface area contributed by atoms with Gasteiger partial charge in [-0.1, -0.05) is 86.0 Å². The van der Waals surface area contributed by atoms with Gasteiger partial charge in [0, 0.05) is 12.0 Å². The summed E-state index contributed by atoms with van der Waals surface area (Å²) in [5, 5.41) is 0. The minimum atomic E-state index is -3.56. The molecule has 6 aromatic rings. The number of benzene rings is 6. The van der Waals surface area contributed by atoms with Crippen molar-refractivity contribution in [3.8, 4) is 5.75 Å². The lowest BCUT2D eigenvalue weighted by molar-refractivity contribution is -0.138. The van der Waals surface area contributed by atoms with Crippen molar-refractivity contribution in [3.05, 3.63) is 194 Å². The monoisotopic (exact) mass is 828 g/mol. The van der Waals surface area contributed by atoms with Crippen LogP contribution in [0.15, 0.2) is 228 Å². The Morgan fingerprint density at radius 1 is 0.517 bits per heavy atom. The number of hydrogen-bond donors (Lipinski definition) is 0. The number of Topliss-reactive ketones (excluding diaryl/α,β-unsaturated/α-hetero) is 1. The van der Waals surface area contributed by atoms with Crippen molar-refractivity contribution in [1.82, 2.24) is 0 Å². The van der Waals surface area contributed by atoms with Crippen LogP contribution in [0.2, 0.25) is 0 Å². The van der Waals surface area contributed by atoms with Gasteiger partial charge in [-0.15, -0.1) is 0 Å². The Morgan fingerprint density at radius 3 is 1.28 bits per heavy atom. The number of carbonyl (C=O) groups excluding carboxylic acids is 2. The van der Waals surface area contributed by atoms with Crippen LogP contribution in [-0.4, -0.2) is 39.1 Å². The quantitative estimate of drug-likeness (QED) is 0.0394. The summed E-state index contributed by atoms with van der Waals surface area (Å²) in [6.45, 7) is 10.8. The third-order valence-electron chi connectivity index (χ3n) is 8.62. The molecular formula is C49H48O6S3+2. The van der Waals surface area contributed by atoms with Crippen molar-refractivity contribution >= 4 is 43.4 Å². The van der Waals surface area contributed by atoms with Crippen molar-refractivity contribution < 1.29 is 27.5 Å². The van der Waals surface area contributed by atoms with Gasteiger partial charge in [-0.3, -0.25) is 4.79 Å². The number of sulfone groups is 1. The molecule has 0 fully saturated rings. The number of ketones is 1. The lowest BCUT2D eigenvalue weighted by Gasteiger charge is -2.09. The van der Waals surface area contributed by atoms with E-state index in [2.05, 4.69) is 98.1 Å². The first kappa shape index (κ1) is 43.5. The molecule has 0 aliphatic heterocycles. The summed E-state index contributed by atoms with van der Waals surface area (Å²) in [4.78, 5) is 30.4. The Balaban J connectivity index is 0.000000221. The fraction of sp³-hybridized carbons (Fsp3) is 0.143. The Hall–Kier alpha value is -5.61. The van der Waals surface area contributed by atoms with Crippen molar-refractivity contribution in [2.24, 2.45) is 0 Å². The summed E-state index contributed by atoms with van der Waals surface area (Å²) in [6.07, 6.45) is 1.19. The average molecular weight is 829 g/mol. The van der Waals surface area contributed by atoms with Crippen LogP contribution in [0.4, 0.5) is 0 Å². The molecular weight excluding hydrogens is 781 g/mol. The Bertz CT molecular complexity index is 2270. The van der Waals surface area contributed by atoms with E-state index < -0.39 is 15.8 Å². The summed E-state index contributed by atoms with van der Waals surface area (Å²) >= 11 is 0. The summed E-state index contributed by atoms with van der Waals surface area (Å²) < 4.78 is 35.9. The molecule has 0 atom stereocenters. The highest BCUT2D eigenvalue weighted by molar-refractivity contribution is 7.97. The van der Waals surface area contributed by atoms with E-state index >= 15 is 0 Å². The molecule has 0 aliphatic rings. The number of carbonyl (C=O) groups is 2. The van der Waals surface area contributed by atoms with E-state index in [1.54, 1.807) is 19.1 Å². The molecule has 0 heterocycles. The highest BCUT2D eigenvalue weighted by Crippen LogP contribution is 2.33. The molecule has 0 unspecified atom stereocenters. The lowest BCUT2D eigenvalue weighted by atomic mass is 10.1. The summed E-state index contributed by atoms with van der Waals surface area (Å²) in [5.74, 6) is 0.0780. The topological polar surface area (TPSA) is 86.7 Å². The fourth-order valence-electron chi connectivity index (χ4n) is 5.62. The van der Waals surface area contributed by atoms with Crippen LogP contribution in [0.25, 0.3) is 0 Å². The van der Waals surface area contributed by atoms with Crippen molar-refractivity contribution in [1.29, 1.82) is 0 Å². The zero-order chi connectivity index (χ0) is 41.3. The molecule has 0 N–H and O–H groups in total. The molecule has 0 amide bonds. The number of esters is 1. The van der Waals surface area contributed by atoms with Crippen LogP contribution < -0.4 is 4.74 Å². The highest BCUT2D eigenvalue weighted by atomic mass is 32.2. The van der Waals surface area contributed by atoms with E-state index in [9.17, 15) is 18.0 Å².